The summed E-state index contributed by atoms with van der Waals surface area (Å²) in [5.74, 6) is 2.25. The third kappa shape index (κ3) is 2.27. The van der Waals surface area contributed by atoms with Crippen molar-refractivity contribution in [3.8, 4) is 0 Å². The third-order valence-electron chi connectivity index (χ3n) is 6.97. The van der Waals surface area contributed by atoms with E-state index in [1.807, 2.05) is 0 Å². The number of benzene rings is 2. The van der Waals surface area contributed by atoms with E-state index >= 15 is 0 Å². The second kappa shape index (κ2) is 5.74. The largest absolute Gasteiger partial charge is 0.0845 e. The summed E-state index contributed by atoms with van der Waals surface area (Å²) >= 11 is 6.69. The molecule has 1 saturated carbocycles. The Morgan fingerprint density at radius 2 is 1.80 bits per heavy atom. The molecular weight excluding hydrogens is 324 g/mol. The molecule has 0 saturated heterocycles. The lowest BCUT2D eigenvalue weighted by Crippen LogP contribution is -2.39. The molecule has 0 aliphatic heterocycles. The molecule has 4 unspecified atom stereocenters. The molecule has 0 heterocycles. The van der Waals surface area contributed by atoms with Crippen LogP contribution < -0.4 is 0 Å². The van der Waals surface area contributed by atoms with Gasteiger partial charge in [-0.05, 0) is 71.8 Å². The van der Waals surface area contributed by atoms with Crippen LogP contribution in [0, 0.1) is 17.8 Å². The first kappa shape index (κ1) is 15.7. The van der Waals surface area contributed by atoms with Crippen molar-refractivity contribution in [3.63, 3.8) is 0 Å². The van der Waals surface area contributed by atoms with Crippen LogP contribution in [0.1, 0.15) is 54.9 Å². The van der Waals surface area contributed by atoms with Gasteiger partial charge in [-0.2, -0.15) is 0 Å². The second-order valence-corrected chi connectivity index (χ2v) is 8.82. The number of allylic oxidation sites excluding steroid dienone is 2. The van der Waals surface area contributed by atoms with Crippen LogP contribution >= 0.6 is 11.6 Å². The normalized spacial score (nSPS) is 34.1. The van der Waals surface area contributed by atoms with Crippen molar-refractivity contribution in [1.82, 2.24) is 0 Å². The molecule has 0 radical (unpaired) electrons. The average Bonchev–Trinajstić information content (AvgIpc) is 3.09. The van der Waals surface area contributed by atoms with E-state index in [9.17, 15) is 0 Å². The van der Waals surface area contributed by atoms with Gasteiger partial charge in [0.05, 0.1) is 0 Å². The van der Waals surface area contributed by atoms with E-state index in [-0.39, 0.29) is 5.41 Å². The van der Waals surface area contributed by atoms with Gasteiger partial charge in [-0.3, -0.25) is 0 Å². The summed E-state index contributed by atoms with van der Waals surface area (Å²) in [6.07, 6.45) is 11.5. The van der Waals surface area contributed by atoms with Crippen LogP contribution in [0.2, 0.25) is 5.02 Å². The molecule has 25 heavy (non-hydrogen) atoms. The molecule has 0 N–H and O–H groups in total. The smallest absolute Gasteiger partial charge is 0.0444 e. The number of rotatable bonds is 0. The van der Waals surface area contributed by atoms with Gasteiger partial charge in [0.1, 0.15) is 0 Å². The van der Waals surface area contributed by atoms with Crippen molar-refractivity contribution < 1.29 is 0 Å². The van der Waals surface area contributed by atoms with Crippen LogP contribution in [0.25, 0.3) is 0 Å². The molecule has 1 spiro atoms. The monoisotopic (exact) mass is 348 g/mol. The fraction of sp³-hybridized carbons (Fsp3) is 0.417. The summed E-state index contributed by atoms with van der Waals surface area (Å²) in [7, 11) is 0. The van der Waals surface area contributed by atoms with Gasteiger partial charge in [0.25, 0.3) is 0 Å². The summed E-state index contributed by atoms with van der Waals surface area (Å²) in [5.41, 5.74) is 5.82. The fourth-order valence-corrected chi connectivity index (χ4v) is 6.16. The average molecular weight is 349 g/mol. The van der Waals surface area contributed by atoms with E-state index in [1.54, 1.807) is 0 Å². The summed E-state index contributed by atoms with van der Waals surface area (Å²) in [6.45, 7) is 2.39. The Morgan fingerprint density at radius 3 is 2.72 bits per heavy atom. The Kier molecular flexibility index (Phi) is 3.61. The summed E-state index contributed by atoms with van der Waals surface area (Å²) in [6, 6.07) is 15.7. The minimum absolute atomic E-state index is 0.0124. The van der Waals surface area contributed by atoms with E-state index in [1.165, 1.54) is 47.9 Å². The lowest BCUT2D eigenvalue weighted by Gasteiger charge is -2.44. The standard InChI is InChI=1S/C24H25Cl/c1-16-11-12-24(19-10-9-17(13-16)14-19)21-6-3-2-5-18(21)15-20-22(24)7-4-8-23(20)25/h2-8,11-12,16-17,19H,9-10,13-15H2,1H3/b12-11+. The zero-order valence-corrected chi connectivity index (χ0v) is 15.6. The van der Waals surface area contributed by atoms with Crippen molar-refractivity contribution in [1.29, 1.82) is 0 Å². The first-order chi connectivity index (χ1) is 12.2. The van der Waals surface area contributed by atoms with Crippen LogP contribution in [0.15, 0.2) is 54.6 Å². The van der Waals surface area contributed by atoms with Crippen molar-refractivity contribution in [2.75, 3.05) is 0 Å². The predicted octanol–water partition coefficient (Wildman–Crippen LogP) is 6.54. The summed E-state index contributed by atoms with van der Waals surface area (Å²) < 4.78 is 0. The van der Waals surface area contributed by atoms with Crippen molar-refractivity contribution in [2.24, 2.45) is 17.8 Å². The van der Waals surface area contributed by atoms with Gasteiger partial charge < -0.3 is 0 Å². The highest BCUT2D eigenvalue weighted by Gasteiger charge is 2.48. The highest BCUT2D eigenvalue weighted by molar-refractivity contribution is 6.31. The molecule has 0 aromatic heterocycles. The zero-order valence-electron chi connectivity index (χ0n) is 14.8. The third-order valence-corrected chi connectivity index (χ3v) is 7.33. The molecule has 3 aliphatic carbocycles. The zero-order chi connectivity index (χ0) is 17.0. The van der Waals surface area contributed by atoms with Gasteiger partial charge in [-0.15, -0.1) is 0 Å². The fourth-order valence-electron chi connectivity index (χ4n) is 5.92. The van der Waals surface area contributed by atoms with Crippen molar-refractivity contribution in [3.05, 3.63) is 81.9 Å². The number of fused-ring (bicyclic) bond motifs is 7. The molecule has 4 atom stereocenters. The summed E-state index contributed by atoms with van der Waals surface area (Å²) in [4.78, 5) is 0. The SMILES string of the molecule is CC1/C=C/C2(c3ccccc3Cc3c(Cl)cccc32)C2CCC(C1)C2. The van der Waals surface area contributed by atoms with Crippen molar-refractivity contribution in [2.45, 2.75) is 44.4 Å². The maximum Gasteiger partial charge on any atom is 0.0444 e. The predicted molar refractivity (Wildman–Crippen MR) is 105 cm³/mol. The van der Waals surface area contributed by atoms with Crippen molar-refractivity contribution >= 4 is 11.6 Å². The quantitative estimate of drug-likeness (QED) is 0.474. The Balaban J connectivity index is 1.83. The topological polar surface area (TPSA) is 0 Å². The molecule has 1 heteroatoms. The maximum absolute atomic E-state index is 6.69. The van der Waals surface area contributed by atoms with E-state index in [2.05, 4.69) is 61.5 Å². The molecule has 1 fully saturated rings. The van der Waals surface area contributed by atoms with E-state index in [0.29, 0.717) is 11.8 Å². The molecule has 2 aromatic rings. The van der Waals surface area contributed by atoms with E-state index in [0.717, 1.165) is 17.4 Å². The molecule has 0 amide bonds. The van der Waals surface area contributed by atoms with E-state index in [4.69, 9.17) is 11.6 Å². The Bertz CT molecular complexity index is 849. The first-order valence-corrected chi connectivity index (χ1v) is 10.1. The lowest BCUT2D eigenvalue weighted by molar-refractivity contribution is 0.340. The number of halogens is 1. The minimum Gasteiger partial charge on any atom is -0.0845 e. The molecule has 0 nitrogen and oxygen atoms in total. The first-order valence-electron chi connectivity index (χ1n) is 9.74. The van der Waals surface area contributed by atoms with Gasteiger partial charge in [-0.1, -0.05) is 73.5 Å². The molecule has 5 rings (SSSR count). The van der Waals surface area contributed by atoms with Gasteiger partial charge in [-0.25, -0.2) is 0 Å². The minimum atomic E-state index is 0.0124. The Hall–Kier alpha value is -1.53. The number of hydrogen-bond donors (Lipinski definition) is 0. The maximum atomic E-state index is 6.69. The van der Waals surface area contributed by atoms with Crippen LogP contribution in [0.4, 0.5) is 0 Å². The molecule has 2 bridgehead atoms. The Labute approximate surface area is 155 Å². The van der Waals surface area contributed by atoms with Crippen LogP contribution in [0.5, 0.6) is 0 Å². The Morgan fingerprint density at radius 1 is 0.960 bits per heavy atom. The lowest BCUT2D eigenvalue weighted by atomic mass is 9.58. The highest BCUT2D eigenvalue weighted by Crippen LogP contribution is 2.56. The second-order valence-electron chi connectivity index (χ2n) is 8.42. The van der Waals surface area contributed by atoms with Crippen LogP contribution in [-0.4, -0.2) is 0 Å². The molecular formula is C24H25Cl. The highest BCUT2D eigenvalue weighted by atomic mass is 35.5. The molecule has 3 aliphatic rings. The molecule has 2 aromatic carbocycles. The number of hydrogen-bond acceptors (Lipinski definition) is 0. The van der Waals surface area contributed by atoms with Gasteiger partial charge >= 0.3 is 0 Å². The van der Waals surface area contributed by atoms with Crippen LogP contribution in [0.3, 0.4) is 0 Å². The van der Waals surface area contributed by atoms with Gasteiger partial charge in [0.15, 0.2) is 0 Å². The summed E-state index contributed by atoms with van der Waals surface area (Å²) in [5, 5.41) is 0.935. The molecule has 128 valence electrons. The van der Waals surface area contributed by atoms with Gasteiger partial charge in [0.2, 0.25) is 0 Å². The van der Waals surface area contributed by atoms with E-state index < -0.39 is 0 Å². The van der Waals surface area contributed by atoms with Crippen LogP contribution in [-0.2, 0) is 11.8 Å². The van der Waals surface area contributed by atoms with Gasteiger partial charge in [0, 0.05) is 10.4 Å².